The summed E-state index contributed by atoms with van der Waals surface area (Å²) in [5.74, 6) is 0.453. The number of hydrogen-bond donors (Lipinski definition) is 1. The molecule has 3 rings (SSSR count). The van der Waals surface area contributed by atoms with Crippen LogP contribution in [0.2, 0.25) is 0 Å². The van der Waals surface area contributed by atoms with E-state index in [1.54, 1.807) is 13.2 Å². The van der Waals surface area contributed by atoms with Crippen molar-refractivity contribution in [3.8, 4) is 22.4 Å². The Balaban J connectivity index is 1.74. The molecule has 134 valence electrons. The molecule has 1 N–H and O–H groups in total. The summed E-state index contributed by atoms with van der Waals surface area (Å²) in [6.07, 6.45) is 7.01. The van der Waals surface area contributed by atoms with Crippen molar-refractivity contribution in [2.24, 2.45) is 0 Å². The smallest absolute Gasteiger partial charge is 0.262 e. The number of nitrogens with zero attached hydrogens (tertiary/aromatic N) is 2. The average Bonchev–Trinajstić information content (AvgIpc) is 3.15. The van der Waals surface area contributed by atoms with Gasteiger partial charge in [0.15, 0.2) is 0 Å². The van der Waals surface area contributed by atoms with Crippen molar-refractivity contribution in [1.29, 1.82) is 5.26 Å². The molecule has 1 aliphatic rings. The lowest BCUT2D eigenvalue weighted by Crippen LogP contribution is -2.36. The van der Waals surface area contributed by atoms with Crippen molar-refractivity contribution >= 4 is 23.3 Å². The second kappa shape index (κ2) is 8.63. The molecule has 1 saturated carbocycles. The van der Waals surface area contributed by atoms with E-state index >= 15 is 0 Å². The minimum atomic E-state index is -0.310. The molecule has 0 bridgehead atoms. The molecule has 5 nitrogen and oxygen atoms in total. The molecule has 1 amide bonds. The molecule has 0 unspecified atom stereocenters. The second-order valence-electron chi connectivity index (χ2n) is 6.29. The molecule has 1 aromatic carbocycles. The van der Waals surface area contributed by atoms with E-state index in [2.05, 4.69) is 10.3 Å². The van der Waals surface area contributed by atoms with Gasteiger partial charge < -0.3 is 10.1 Å². The summed E-state index contributed by atoms with van der Waals surface area (Å²) in [6.45, 7) is 0. The SMILES string of the molecule is COc1cccc(-c2nc(/C=C(/C#N)C(=O)NC3CCCCC3)cs2)c1. The van der Waals surface area contributed by atoms with Crippen LogP contribution in [0.15, 0.2) is 35.2 Å². The van der Waals surface area contributed by atoms with Crippen LogP contribution in [0.3, 0.4) is 0 Å². The van der Waals surface area contributed by atoms with Gasteiger partial charge in [-0.15, -0.1) is 11.3 Å². The Hall–Kier alpha value is -2.65. The number of nitriles is 1. The number of carbonyl (C=O) groups is 1. The van der Waals surface area contributed by atoms with Gasteiger partial charge in [-0.25, -0.2) is 4.98 Å². The predicted molar refractivity (Wildman–Crippen MR) is 103 cm³/mol. The number of ether oxygens (including phenoxy) is 1. The van der Waals surface area contributed by atoms with Crippen molar-refractivity contribution in [1.82, 2.24) is 10.3 Å². The first kappa shape index (κ1) is 18.2. The van der Waals surface area contributed by atoms with Crippen LogP contribution < -0.4 is 10.1 Å². The Kier molecular flexibility index (Phi) is 6.03. The van der Waals surface area contributed by atoms with Crippen LogP contribution in [-0.4, -0.2) is 24.0 Å². The van der Waals surface area contributed by atoms with Crippen LogP contribution >= 0.6 is 11.3 Å². The van der Waals surface area contributed by atoms with E-state index < -0.39 is 0 Å². The summed E-state index contributed by atoms with van der Waals surface area (Å²) in [6, 6.07) is 9.82. The van der Waals surface area contributed by atoms with E-state index in [-0.39, 0.29) is 17.5 Å². The molecule has 1 aliphatic carbocycles. The Bertz CT molecular complexity index is 845. The number of thiazole rings is 1. The molecule has 2 aromatic rings. The van der Waals surface area contributed by atoms with E-state index in [4.69, 9.17) is 4.74 Å². The monoisotopic (exact) mass is 367 g/mol. The maximum atomic E-state index is 12.4. The highest BCUT2D eigenvalue weighted by Gasteiger charge is 2.18. The molecule has 0 atom stereocenters. The first-order chi connectivity index (χ1) is 12.7. The Morgan fingerprint density at radius 1 is 1.38 bits per heavy atom. The van der Waals surface area contributed by atoms with E-state index in [1.807, 2.05) is 35.7 Å². The van der Waals surface area contributed by atoms with Crippen LogP contribution in [0.25, 0.3) is 16.6 Å². The molecule has 6 heteroatoms. The number of methoxy groups -OCH3 is 1. The Morgan fingerprint density at radius 3 is 2.92 bits per heavy atom. The van der Waals surface area contributed by atoms with E-state index in [0.717, 1.165) is 42.0 Å². The topological polar surface area (TPSA) is 75.0 Å². The molecular weight excluding hydrogens is 346 g/mol. The van der Waals surface area contributed by atoms with Crippen molar-refractivity contribution in [3.63, 3.8) is 0 Å². The number of nitrogens with one attached hydrogen (secondary N) is 1. The van der Waals surface area contributed by atoms with Crippen LogP contribution in [-0.2, 0) is 4.79 Å². The van der Waals surface area contributed by atoms with Gasteiger partial charge in [-0.3, -0.25) is 4.79 Å². The first-order valence-corrected chi connectivity index (χ1v) is 9.60. The van der Waals surface area contributed by atoms with Crippen LogP contribution in [0.4, 0.5) is 0 Å². The summed E-state index contributed by atoms with van der Waals surface area (Å²) in [4.78, 5) is 16.9. The van der Waals surface area contributed by atoms with E-state index in [1.165, 1.54) is 17.8 Å². The van der Waals surface area contributed by atoms with Gasteiger partial charge in [0.25, 0.3) is 5.91 Å². The van der Waals surface area contributed by atoms with Gasteiger partial charge >= 0.3 is 0 Å². The van der Waals surface area contributed by atoms with Gasteiger partial charge in [-0.1, -0.05) is 31.4 Å². The summed E-state index contributed by atoms with van der Waals surface area (Å²) < 4.78 is 5.24. The molecule has 0 aliphatic heterocycles. The fourth-order valence-corrected chi connectivity index (χ4v) is 3.82. The molecule has 1 aromatic heterocycles. The number of benzene rings is 1. The van der Waals surface area contributed by atoms with Gasteiger partial charge in [0.05, 0.1) is 12.8 Å². The zero-order valence-electron chi connectivity index (χ0n) is 14.7. The van der Waals surface area contributed by atoms with Gasteiger partial charge in [0, 0.05) is 17.0 Å². The fraction of sp³-hybridized carbons (Fsp3) is 0.350. The third kappa shape index (κ3) is 4.50. The molecule has 0 saturated heterocycles. The van der Waals surface area contributed by atoms with Crippen LogP contribution in [0, 0.1) is 11.3 Å². The average molecular weight is 367 g/mol. The third-order valence-corrected chi connectivity index (χ3v) is 5.35. The van der Waals surface area contributed by atoms with Crippen molar-refractivity contribution in [2.75, 3.05) is 7.11 Å². The normalized spacial score (nSPS) is 15.3. The predicted octanol–water partition coefficient (Wildman–Crippen LogP) is 4.17. The molecular formula is C20H21N3O2S. The minimum absolute atomic E-state index is 0.0954. The highest BCUT2D eigenvalue weighted by molar-refractivity contribution is 7.13. The number of hydrogen-bond acceptors (Lipinski definition) is 5. The third-order valence-electron chi connectivity index (χ3n) is 4.44. The lowest BCUT2D eigenvalue weighted by Gasteiger charge is -2.22. The molecule has 1 fully saturated rings. The summed E-state index contributed by atoms with van der Waals surface area (Å²) in [5, 5.41) is 15.0. The quantitative estimate of drug-likeness (QED) is 0.635. The first-order valence-electron chi connectivity index (χ1n) is 8.72. The van der Waals surface area contributed by atoms with Crippen molar-refractivity contribution in [3.05, 3.63) is 40.9 Å². The Morgan fingerprint density at radius 2 is 2.19 bits per heavy atom. The molecule has 26 heavy (non-hydrogen) atoms. The number of rotatable bonds is 5. The molecule has 0 radical (unpaired) electrons. The summed E-state index contributed by atoms with van der Waals surface area (Å²) >= 11 is 1.47. The Labute approximate surface area is 157 Å². The molecule has 1 heterocycles. The fourth-order valence-electron chi connectivity index (χ4n) is 3.05. The lowest BCUT2D eigenvalue weighted by atomic mass is 9.95. The highest BCUT2D eigenvalue weighted by Crippen LogP contribution is 2.27. The minimum Gasteiger partial charge on any atom is -0.497 e. The number of aromatic nitrogens is 1. The highest BCUT2D eigenvalue weighted by atomic mass is 32.1. The summed E-state index contributed by atoms with van der Waals surface area (Å²) in [5.41, 5.74) is 1.65. The van der Waals surface area contributed by atoms with Gasteiger partial charge in [-0.2, -0.15) is 5.26 Å². The van der Waals surface area contributed by atoms with Crippen LogP contribution in [0.1, 0.15) is 37.8 Å². The second-order valence-corrected chi connectivity index (χ2v) is 7.15. The van der Waals surface area contributed by atoms with Crippen molar-refractivity contribution in [2.45, 2.75) is 38.1 Å². The van der Waals surface area contributed by atoms with Crippen molar-refractivity contribution < 1.29 is 9.53 Å². The van der Waals surface area contributed by atoms with Crippen LogP contribution in [0.5, 0.6) is 5.75 Å². The zero-order chi connectivity index (χ0) is 18.4. The lowest BCUT2D eigenvalue weighted by molar-refractivity contribution is -0.117. The maximum absolute atomic E-state index is 12.4. The standard InChI is InChI=1S/C20H21N3O2S/c1-25-18-9-5-6-14(11-18)20-23-17(13-26-20)10-15(12-21)19(24)22-16-7-3-2-4-8-16/h5-6,9-11,13,16H,2-4,7-8H2,1H3,(H,22,24)/b15-10-. The maximum Gasteiger partial charge on any atom is 0.262 e. The van der Waals surface area contributed by atoms with E-state index in [9.17, 15) is 10.1 Å². The van der Waals surface area contributed by atoms with Gasteiger partial charge in [0.2, 0.25) is 0 Å². The molecule has 0 spiro atoms. The van der Waals surface area contributed by atoms with Gasteiger partial charge in [0.1, 0.15) is 22.4 Å². The van der Waals surface area contributed by atoms with Gasteiger partial charge in [-0.05, 0) is 31.1 Å². The number of carbonyl (C=O) groups excluding carboxylic acids is 1. The van der Waals surface area contributed by atoms with E-state index in [0.29, 0.717) is 5.69 Å². The summed E-state index contributed by atoms with van der Waals surface area (Å²) in [7, 11) is 1.62. The largest absolute Gasteiger partial charge is 0.497 e. The number of amides is 1. The zero-order valence-corrected chi connectivity index (χ0v) is 15.5.